The molecule has 1 aromatic heterocycles. The number of benzene rings is 1. The molecule has 0 bridgehead atoms. The molecule has 2 rings (SSSR count). The fourth-order valence-corrected chi connectivity index (χ4v) is 1.77. The number of nitrogens with zero attached hydrogens (tertiary/aromatic N) is 1. The van der Waals surface area contributed by atoms with E-state index in [0.717, 1.165) is 14.9 Å². The average Bonchev–Trinajstić information content (AvgIpc) is 2.33. The van der Waals surface area contributed by atoms with Gasteiger partial charge in [0.2, 0.25) is 0 Å². The largest absolute Gasteiger partial charge is 0.454 e. The van der Waals surface area contributed by atoms with Crippen LogP contribution in [-0.4, -0.2) is 10.1 Å². The minimum Gasteiger partial charge on any atom is -0.454 e. The van der Waals surface area contributed by atoms with Gasteiger partial charge in [-0.25, -0.2) is 0 Å². The smallest absolute Gasteiger partial charge is 0.151 e. The van der Waals surface area contributed by atoms with E-state index in [-0.39, 0.29) is 6.61 Å². The third-order valence-corrected chi connectivity index (χ3v) is 2.99. The summed E-state index contributed by atoms with van der Waals surface area (Å²) in [5.74, 6) is 1.36. The minimum atomic E-state index is -0.0543. The van der Waals surface area contributed by atoms with E-state index in [1.807, 2.05) is 24.3 Å². The molecule has 0 spiro atoms. The van der Waals surface area contributed by atoms with Gasteiger partial charge in [0, 0.05) is 11.8 Å². The summed E-state index contributed by atoms with van der Waals surface area (Å²) in [7, 11) is 0. The second-order valence-corrected chi connectivity index (χ2v) is 4.34. The topological polar surface area (TPSA) is 42.4 Å². The van der Waals surface area contributed by atoms with Gasteiger partial charge in [0.05, 0.1) is 16.4 Å². The van der Waals surface area contributed by atoms with Crippen LogP contribution in [0.25, 0.3) is 0 Å². The number of rotatable bonds is 3. The van der Waals surface area contributed by atoms with Crippen LogP contribution >= 0.6 is 22.6 Å². The van der Waals surface area contributed by atoms with Gasteiger partial charge >= 0.3 is 0 Å². The number of aromatic nitrogens is 1. The number of aliphatic hydroxyl groups is 1. The van der Waals surface area contributed by atoms with E-state index < -0.39 is 0 Å². The molecule has 0 aliphatic carbocycles. The highest BCUT2D eigenvalue weighted by atomic mass is 127. The lowest BCUT2D eigenvalue weighted by Gasteiger charge is -2.09. The van der Waals surface area contributed by atoms with Crippen LogP contribution in [0.2, 0.25) is 0 Å². The standard InChI is InChI=1S/C12H10INO2/c13-10-3-1-2-4-11(10)16-12-7-14-6-5-9(12)8-15/h1-7,15H,8H2. The number of aliphatic hydroxyl groups excluding tert-OH is 1. The first-order chi connectivity index (χ1) is 7.81. The van der Waals surface area contributed by atoms with Crippen molar-refractivity contribution >= 4 is 22.6 Å². The normalized spacial score (nSPS) is 10.1. The number of pyridine rings is 1. The van der Waals surface area contributed by atoms with Gasteiger partial charge in [-0.15, -0.1) is 0 Å². The van der Waals surface area contributed by atoms with Crippen LogP contribution in [0.5, 0.6) is 11.5 Å². The Labute approximate surface area is 107 Å². The molecule has 0 unspecified atom stereocenters. The van der Waals surface area contributed by atoms with E-state index in [1.165, 1.54) is 0 Å². The van der Waals surface area contributed by atoms with Crippen LogP contribution in [-0.2, 0) is 6.61 Å². The molecule has 0 saturated heterocycles. The summed E-state index contributed by atoms with van der Waals surface area (Å²) in [5, 5.41) is 9.16. The number of hydrogen-bond acceptors (Lipinski definition) is 3. The monoisotopic (exact) mass is 327 g/mol. The Balaban J connectivity index is 2.30. The number of para-hydroxylation sites is 1. The Morgan fingerprint density at radius 1 is 1.19 bits per heavy atom. The van der Waals surface area contributed by atoms with Gasteiger partial charge in [0.25, 0.3) is 0 Å². The van der Waals surface area contributed by atoms with E-state index >= 15 is 0 Å². The van der Waals surface area contributed by atoms with Crippen LogP contribution in [0.15, 0.2) is 42.7 Å². The second-order valence-electron chi connectivity index (χ2n) is 3.17. The SMILES string of the molecule is OCc1ccncc1Oc1ccccc1I. The lowest BCUT2D eigenvalue weighted by atomic mass is 10.2. The van der Waals surface area contributed by atoms with Crippen molar-refractivity contribution in [3.8, 4) is 11.5 Å². The van der Waals surface area contributed by atoms with Crippen LogP contribution in [0.3, 0.4) is 0 Å². The molecule has 2 aromatic rings. The number of hydrogen-bond donors (Lipinski definition) is 1. The summed E-state index contributed by atoms with van der Waals surface area (Å²) in [6.45, 7) is -0.0543. The van der Waals surface area contributed by atoms with Crippen molar-refractivity contribution in [1.29, 1.82) is 0 Å². The van der Waals surface area contributed by atoms with Crippen molar-refractivity contribution in [2.24, 2.45) is 0 Å². The summed E-state index contributed by atoms with van der Waals surface area (Å²) in [5.41, 5.74) is 0.731. The Hall–Kier alpha value is -1.14. The lowest BCUT2D eigenvalue weighted by Crippen LogP contribution is -1.93. The maximum absolute atomic E-state index is 9.16. The highest BCUT2D eigenvalue weighted by Crippen LogP contribution is 2.28. The van der Waals surface area contributed by atoms with E-state index in [0.29, 0.717) is 5.75 Å². The predicted octanol–water partition coefficient (Wildman–Crippen LogP) is 2.97. The molecule has 0 atom stereocenters. The molecule has 0 saturated carbocycles. The highest BCUT2D eigenvalue weighted by molar-refractivity contribution is 14.1. The first kappa shape index (κ1) is 11.3. The highest BCUT2D eigenvalue weighted by Gasteiger charge is 2.05. The summed E-state index contributed by atoms with van der Waals surface area (Å²) in [6, 6.07) is 9.45. The van der Waals surface area contributed by atoms with Gasteiger partial charge in [-0.05, 0) is 40.8 Å². The van der Waals surface area contributed by atoms with E-state index in [9.17, 15) is 0 Å². The molecule has 0 aliphatic rings. The van der Waals surface area contributed by atoms with Crippen molar-refractivity contribution in [3.05, 3.63) is 51.9 Å². The van der Waals surface area contributed by atoms with Crippen LogP contribution < -0.4 is 4.74 Å². The third-order valence-electron chi connectivity index (χ3n) is 2.10. The molecule has 0 fully saturated rings. The molecule has 16 heavy (non-hydrogen) atoms. The zero-order chi connectivity index (χ0) is 11.4. The van der Waals surface area contributed by atoms with Crippen molar-refractivity contribution in [2.45, 2.75) is 6.61 Å². The fraction of sp³-hybridized carbons (Fsp3) is 0.0833. The quantitative estimate of drug-likeness (QED) is 0.882. The summed E-state index contributed by atoms with van der Waals surface area (Å²) in [4.78, 5) is 3.98. The maximum Gasteiger partial charge on any atom is 0.151 e. The van der Waals surface area contributed by atoms with Gasteiger partial charge < -0.3 is 9.84 Å². The molecule has 3 nitrogen and oxygen atoms in total. The number of ether oxygens (including phenoxy) is 1. The van der Waals surface area contributed by atoms with Crippen molar-refractivity contribution in [1.82, 2.24) is 4.98 Å². The Kier molecular flexibility index (Phi) is 3.74. The van der Waals surface area contributed by atoms with E-state index in [1.54, 1.807) is 18.5 Å². The maximum atomic E-state index is 9.16. The first-order valence-corrected chi connectivity index (χ1v) is 5.85. The summed E-state index contributed by atoms with van der Waals surface area (Å²) >= 11 is 2.20. The number of halogens is 1. The Bertz CT molecular complexity index is 488. The van der Waals surface area contributed by atoms with Crippen LogP contribution in [0, 0.1) is 3.57 Å². The zero-order valence-corrected chi connectivity index (χ0v) is 10.6. The fourth-order valence-electron chi connectivity index (χ4n) is 1.28. The lowest BCUT2D eigenvalue weighted by molar-refractivity contribution is 0.276. The molecule has 0 aliphatic heterocycles. The van der Waals surface area contributed by atoms with Crippen molar-refractivity contribution in [3.63, 3.8) is 0 Å². The van der Waals surface area contributed by atoms with Crippen molar-refractivity contribution < 1.29 is 9.84 Å². The molecular weight excluding hydrogens is 317 g/mol. The van der Waals surface area contributed by atoms with Crippen LogP contribution in [0.1, 0.15) is 5.56 Å². The third kappa shape index (κ3) is 2.51. The Morgan fingerprint density at radius 3 is 2.75 bits per heavy atom. The molecule has 4 heteroatoms. The van der Waals surface area contributed by atoms with Gasteiger partial charge in [-0.3, -0.25) is 4.98 Å². The molecule has 82 valence electrons. The van der Waals surface area contributed by atoms with E-state index in [2.05, 4.69) is 27.6 Å². The molecule has 1 heterocycles. The molecule has 1 N–H and O–H groups in total. The second kappa shape index (κ2) is 5.27. The average molecular weight is 327 g/mol. The Morgan fingerprint density at radius 2 is 2.00 bits per heavy atom. The van der Waals surface area contributed by atoms with Crippen molar-refractivity contribution in [2.75, 3.05) is 0 Å². The van der Waals surface area contributed by atoms with Gasteiger partial charge in [-0.1, -0.05) is 12.1 Å². The first-order valence-electron chi connectivity index (χ1n) is 4.77. The summed E-state index contributed by atoms with van der Waals surface area (Å²) in [6.07, 6.45) is 3.24. The molecule has 0 radical (unpaired) electrons. The van der Waals surface area contributed by atoms with Crippen LogP contribution in [0.4, 0.5) is 0 Å². The zero-order valence-electron chi connectivity index (χ0n) is 8.43. The molecular formula is C12H10INO2. The van der Waals surface area contributed by atoms with Gasteiger partial charge in [0.15, 0.2) is 5.75 Å². The predicted molar refractivity (Wildman–Crippen MR) is 69.4 cm³/mol. The minimum absolute atomic E-state index is 0.0543. The van der Waals surface area contributed by atoms with Gasteiger partial charge in [-0.2, -0.15) is 0 Å². The molecule has 0 amide bonds. The molecule has 1 aromatic carbocycles. The van der Waals surface area contributed by atoms with Gasteiger partial charge in [0.1, 0.15) is 5.75 Å². The van der Waals surface area contributed by atoms with E-state index in [4.69, 9.17) is 9.84 Å². The summed E-state index contributed by atoms with van der Waals surface area (Å²) < 4.78 is 6.72.